The molecule has 0 unspecified atom stereocenters. The third-order valence-electron chi connectivity index (χ3n) is 7.01. The predicted molar refractivity (Wildman–Crippen MR) is 143 cm³/mol. The molecule has 1 aliphatic heterocycles. The van der Waals surface area contributed by atoms with E-state index < -0.39 is 22.9 Å². The van der Waals surface area contributed by atoms with Crippen molar-refractivity contribution in [1.82, 2.24) is 15.2 Å². The second-order valence-corrected chi connectivity index (χ2v) is 9.95. The van der Waals surface area contributed by atoms with Crippen LogP contribution in [0, 0.1) is 0 Å². The Bertz CT molecular complexity index is 1230. The lowest BCUT2D eigenvalue weighted by Crippen LogP contribution is -2.59. The first-order valence-electron chi connectivity index (χ1n) is 11.9. The minimum absolute atomic E-state index is 0. The number of carbonyl (C=O) groups is 3. The van der Waals surface area contributed by atoms with Crippen molar-refractivity contribution in [3.63, 3.8) is 0 Å². The number of amides is 3. The van der Waals surface area contributed by atoms with E-state index in [0.717, 1.165) is 22.0 Å². The molecule has 192 valence electrons. The average Bonchev–Trinajstić information content (AvgIpc) is 3.26. The maximum absolute atomic E-state index is 13.7. The molecule has 1 atom stereocenters. The van der Waals surface area contributed by atoms with Gasteiger partial charge in [0.2, 0.25) is 17.7 Å². The average molecular weight is 512 g/mol. The number of primary amides is 1. The van der Waals surface area contributed by atoms with Crippen molar-refractivity contribution in [3.05, 3.63) is 71.9 Å². The molecule has 9 heteroatoms. The number of halogens is 1. The van der Waals surface area contributed by atoms with Crippen molar-refractivity contribution >= 4 is 41.0 Å². The molecule has 1 fully saturated rings. The standard InChI is InChI=1S/C27H33N5O3.ClH/c1-26(2,29)25(35)31-22(16-18-17-30-21-11-7-6-10-20(18)21)23(33)32-14-12-27(13-15-32,24(28)34)19-8-4-3-5-9-19;/h3-11,17,22,30H,12-16,29H2,1-2H3,(H2,28,34)(H,31,35);1H/t22-;/m1./s1. The van der Waals surface area contributed by atoms with Gasteiger partial charge < -0.3 is 26.7 Å². The van der Waals surface area contributed by atoms with Crippen LogP contribution in [0.25, 0.3) is 10.9 Å². The van der Waals surface area contributed by atoms with Gasteiger partial charge in [-0.05, 0) is 43.9 Å². The summed E-state index contributed by atoms with van der Waals surface area (Å²) in [5.74, 6) is -0.980. The number of H-pyrrole nitrogens is 1. The molecule has 0 spiro atoms. The second kappa shape index (κ2) is 10.7. The number of likely N-dealkylation sites (tertiary alicyclic amines) is 1. The van der Waals surface area contributed by atoms with E-state index in [-0.39, 0.29) is 24.2 Å². The quantitative estimate of drug-likeness (QED) is 0.387. The molecule has 0 radical (unpaired) electrons. The van der Waals surface area contributed by atoms with Gasteiger partial charge in [-0.25, -0.2) is 0 Å². The minimum atomic E-state index is -1.13. The molecule has 36 heavy (non-hydrogen) atoms. The molecule has 6 N–H and O–H groups in total. The van der Waals surface area contributed by atoms with Crippen molar-refractivity contribution < 1.29 is 14.4 Å². The summed E-state index contributed by atoms with van der Waals surface area (Å²) in [6, 6.07) is 16.5. The molecule has 0 aliphatic carbocycles. The summed E-state index contributed by atoms with van der Waals surface area (Å²) in [6.45, 7) is 3.95. The van der Waals surface area contributed by atoms with Gasteiger partial charge >= 0.3 is 0 Å². The van der Waals surface area contributed by atoms with Crippen LogP contribution in [0.15, 0.2) is 60.8 Å². The zero-order valence-corrected chi connectivity index (χ0v) is 21.4. The highest BCUT2D eigenvalue weighted by molar-refractivity contribution is 5.93. The zero-order valence-electron chi connectivity index (χ0n) is 20.6. The highest BCUT2D eigenvalue weighted by Crippen LogP contribution is 2.35. The fraction of sp³-hybridized carbons (Fsp3) is 0.370. The smallest absolute Gasteiger partial charge is 0.245 e. The van der Waals surface area contributed by atoms with Crippen LogP contribution in [0.1, 0.15) is 37.8 Å². The summed E-state index contributed by atoms with van der Waals surface area (Å²) in [4.78, 5) is 43.9. The van der Waals surface area contributed by atoms with E-state index >= 15 is 0 Å². The van der Waals surface area contributed by atoms with Gasteiger partial charge in [0.15, 0.2) is 0 Å². The Morgan fingerprint density at radius 1 is 1.06 bits per heavy atom. The molecule has 3 aromatic rings. The first-order chi connectivity index (χ1) is 16.6. The van der Waals surface area contributed by atoms with Crippen LogP contribution < -0.4 is 16.8 Å². The van der Waals surface area contributed by atoms with Gasteiger partial charge in [0.05, 0.1) is 11.0 Å². The number of fused-ring (bicyclic) bond motifs is 1. The second-order valence-electron chi connectivity index (χ2n) is 9.95. The van der Waals surface area contributed by atoms with E-state index in [2.05, 4.69) is 10.3 Å². The Balaban J connectivity index is 0.00000361. The predicted octanol–water partition coefficient (Wildman–Crippen LogP) is 2.40. The van der Waals surface area contributed by atoms with Crippen LogP contribution >= 0.6 is 12.4 Å². The number of nitrogens with one attached hydrogen (secondary N) is 2. The highest BCUT2D eigenvalue weighted by Gasteiger charge is 2.43. The SMILES string of the molecule is CC(C)(N)C(=O)N[C@H](Cc1c[nH]c2ccccc12)C(=O)N1CCC(C(N)=O)(c2ccccc2)CC1.Cl. The van der Waals surface area contributed by atoms with E-state index in [1.807, 2.05) is 60.8 Å². The third kappa shape index (κ3) is 5.39. The van der Waals surface area contributed by atoms with Crippen LogP contribution in [-0.4, -0.2) is 52.3 Å². The first-order valence-corrected chi connectivity index (χ1v) is 11.9. The van der Waals surface area contributed by atoms with Gasteiger partial charge in [0.1, 0.15) is 6.04 Å². The van der Waals surface area contributed by atoms with E-state index in [0.29, 0.717) is 32.4 Å². The molecule has 8 nitrogen and oxygen atoms in total. The Morgan fingerprint density at radius 2 is 1.67 bits per heavy atom. The maximum Gasteiger partial charge on any atom is 0.245 e. The monoisotopic (exact) mass is 511 g/mol. The molecule has 1 aliphatic rings. The summed E-state index contributed by atoms with van der Waals surface area (Å²) in [5.41, 5.74) is 12.7. The molecule has 2 aromatic carbocycles. The molecule has 0 bridgehead atoms. The van der Waals surface area contributed by atoms with Gasteiger partial charge in [0.25, 0.3) is 0 Å². The number of nitrogens with two attached hydrogens (primary N) is 2. The summed E-state index contributed by atoms with van der Waals surface area (Å²) in [6.07, 6.45) is 3.04. The summed E-state index contributed by atoms with van der Waals surface area (Å²) < 4.78 is 0. The van der Waals surface area contributed by atoms with Crippen LogP contribution in [0.3, 0.4) is 0 Å². The lowest BCUT2D eigenvalue weighted by Gasteiger charge is -2.41. The van der Waals surface area contributed by atoms with Crippen LogP contribution in [0.4, 0.5) is 0 Å². The van der Waals surface area contributed by atoms with Crippen molar-refractivity contribution in [2.24, 2.45) is 11.5 Å². The van der Waals surface area contributed by atoms with Crippen LogP contribution in [0.5, 0.6) is 0 Å². The summed E-state index contributed by atoms with van der Waals surface area (Å²) >= 11 is 0. The number of nitrogens with zero attached hydrogens (tertiary/aromatic N) is 1. The lowest BCUT2D eigenvalue weighted by atomic mass is 9.72. The molecular formula is C27H34ClN5O3. The maximum atomic E-state index is 13.7. The topological polar surface area (TPSA) is 134 Å². The molecule has 2 heterocycles. The molecular weight excluding hydrogens is 478 g/mol. The van der Waals surface area contributed by atoms with E-state index in [1.54, 1.807) is 18.7 Å². The Morgan fingerprint density at radius 3 is 2.28 bits per heavy atom. The summed E-state index contributed by atoms with van der Waals surface area (Å²) in [5, 5.41) is 3.87. The Hall–Kier alpha value is -3.36. The fourth-order valence-corrected chi connectivity index (χ4v) is 4.83. The largest absolute Gasteiger partial charge is 0.369 e. The highest BCUT2D eigenvalue weighted by atomic mass is 35.5. The molecule has 1 saturated heterocycles. The van der Waals surface area contributed by atoms with Crippen molar-refractivity contribution in [2.45, 2.75) is 50.1 Å². The number of hydrogen-bond acceptors (Lipinski definition) is 4. The van der Waals surface area contributed by atoms with E-state index in [9.17, 15) is 14.4 Å². The number of rotatable bonds is 7. The van der Waals surface area contributed by atoms with E-state index in [4.69, 9.17) is 11.5 Å². The first kappa shape index (κ1) is 27.2. The minimum Gasteiger partial charge on any atom is -0.369 e. The molecule has 0 saturated carbocycles. The van der Waals surface area contributed by atoms with Gasteiger partial charge in [-0.2, -0.15) is 0 Å². The lowest BCUT2D eigenvalue weighted by molar-refractivity contribution is -0.140. The number of hydrogen-bond donors (Lipinski definition) is 4. The van der Waals surface area contributed by atoms with Crippen molar-refractivity contribution in [3.8, 4) is 0 Å². The number of piperidine rings is 1. The van der Waals surface area contributed by atoms with Gasteiger partial charge in [-0.3, -0.25) is 14.4 Å². The normalized spacial score (nSPS) is 16.1. The number of para-hydroxylation sites is 1. The van der Waals surface area contributed by atoms with Crippen LogP contribution in [0.2, 0.25) is 0 Å². The van der Waals surface area contributed by atoms with Crippen LogP contribution in [-0.2, 0) is 26.2 Å². The Kier molecular flexibility index (Phi) is 8.11. The number of carbonyl (C=O) groups excluding carboxylic acids is 3. The molecule has 1 aromatic heterocycles. The summed E-state index contributed by atoms with van der Waals surface area (Å²) in [7, 11) is 0. The number of aromatic amines is 1. The van der Waals surface area contributed by atoms with Crippen molar-refractivity contribution in [1.29, 1.82) is 0 Å². The number of aromatic nitrogens is 1. The number of benzene rings is 2. The van der Waals surface area contributed by atoms with Crippen molar-refractivity contribution in [2.75, 3.05) is 13.1 Å². The van der Waals surface area contributed by atoms with Gasteiger partial charge in [-0.15, -0.1) is 12.4 Å². The van der Waals surface area contributed by atoms with Gasteiger partial charge in [0, 0.05) is 36.6 Å². The molecule has 3 amide bonds. The van der Waals surface area contributed by atoms with Gasteiger partial charge in [-0.1, -0.05) is 48.5 Å². The fourth-order valence-electron chi connectivity index (χ4n) is 4.83. The Labute approximate surface area is 217 Å². The third-order valence-corrected chi connectivity index (χ3v) is 7.01. The van der Waals surface area contributed by atoms with E-state index in [1.165, 1.54) is 0 Å². The molecule has 4 rings (SSSR count). The zero-order chi connectivity index (χ0) is 25.2.